The van der Waals surface area contributed by atoms with Crippen molar-refractivity contribution in [2.45, 2.75) is 38.4 Å². The van der Waals surface area contributed by atoms with E-state index >= 15 is 0 Å². The molecule has 152 valence electrons. The number of benzene rings is 1. The van der Waals surface area contributed by atoms with Crippen LogP contribution in [0.1, 0.15) is 30.3 Å². The molecule has 1 amide bonds. The molecule has 7 nitrogen and oxygen atoms in total. The molecule has 0 spiro atoms. The van der Waals surface area contributed by atoms with E-state index in [1.54, 1.807) is 25.1 Å². The summed E-state index contributed by atoms with van der Waals surface area (Å²) < 4.78 is 46.1. The second-order valence-electron chi connectivity index (χ2n) is 6.91. The number of ether oxygens (including phenoxy) is 1. The average Bonchev–Trinajstić information content (AvgIpc) is 3.11. The van der Waals surface area contributed by atoms with Crippen molar-refractivity contribution in [3.63, 3.8) is 0 Å². The van der Waals surface area contributed by atoms with E-state index in [1.807, 2.05) is 6.07 Å². The molecule has 1 saturated heterocycles. The first kappa shape index (κ1) is 20.1. The van der Waals surface area contributed by atoms with Gasteiger partial charge in [0.15, 0.2) is 0 Å². The molecular weight excluding hydrogens is 375 g/mol. The van der Waals surface area contributed by atoms with Crippen LogP contribution in [0.4, 0.5) is 13.2 Å². The first-order valence-electron chi connectivity index (χ1n) is 9.02. The standard InChI is InChI=1S/C18H22F3N5O2/c1-12-22-23-24-26(12)16(10-13-5-3-7-15(9-13)28-2)17(27)25-8-4-6-14(11-25)18(19,20)21/h3,5,7,9,14,16H,4,6,8,10-11H2,1-2H3/t14-,16-/m0/s1. The van der Waals surface area contributed by atoms with Gasteiger partial charge in [-0.15, -0.1) is 5.10 Å². The number of rotatable bonds is 5. The van der Waals surface area contributed by atoms with Crippen molar-refractivity contribution >= 4 is 5.91 Å². The fourth-order valence-electron chi connectivity index (χ4n) is 3.48. The monoisotopic (exact) mass is 397 g/mol. The van der Waals surface area contributed by atoms with Crippen LogP contribution in [0.5, 0.6) is 5.75 Å². The van der Waals surface area contributed by atoms with Crippen molar-refractivity contribution in [3.05, 3.63) is 35.7 Å². The van der Waals surface area contributed by atoms with Crippen LogP contribution in [-0.2, 0) is 11.2 Å². The van der Waals surface area contributed by atoms with Crippen LogP contribution in [0.2, 0.25) is 0 Å². The predicted octanol–water partition coefficient (Wildman–Crippen LogP) is 2.57. The van der Waals surface area contributed by atoms with Gasteiger partial charge in [0.1, 0.15) is 17.6 Å². The lowest BCUT2D eigenvalue weighted by molar-refractivity contribution is -0.188. The van der Waals surface area contributed by atoms with E-state index in [1.165, 1.54) is 16.7 Å². The van der Waals surface area contributed by atoms with E-state index in [0.717, 1.165) is 5.56 Å². The Bertz CT molecular complexity index is 824. The summed E-state index contributed by atoms with van der Waals surface area (Å²) in [6.07, 6.45) is -3.71. The maximum atomic E-state index is 13.2. The molecule has 1 aromatic heterocycles. The zero-order chi connectivity index (χ0) is 20.3. The average molecular weight is 397 g/mol. The highest BCUT2D eigenvalue weighted by Crippen LogP contribution is 2.34. The van der Waals surface area contributed by atoms with Crippen LogP contribution < -0.4 is 4.74 Å². The minimum atomic E-state index is -4.31. The van der Waals surface area contributed by atoms with Gasteiger partial charge in [0.05, 0.1) is 13.0 Å². The number of hydrogen-bond donors (Lipinski definition) is 0. The molecule has 0 radical (unpaired) electrons. The van der Waals surface area contributed by atoms with Gasteiger partial charge in [-0.1, -0.05) is 12.1 Å². The highest BCUT2D eigenvalue weighted by Gasteiger charge is 2.43. The molecule has 2 aromatic rings. The minimum absolute atomic E-state index is 0.0394. The molecule has 3 rings (SSSR count). The van der Waals surface area contributed by atoms with Gasteiger partial charge in [0.2, 0.25) is 5.91 Å². The lowest BCUT2D eigenvalue weighted by Crippen LogP contribution is -2.47. The van der Waals surface area contributed by atoms with Gasteiger partial charge in [-0.05, 0) is 47.9 Å². The minimum Gasteiger partial charge on any atom is -0.497 e. The second-order valence-corrected chi connectivity index (χ2v) is 6.91. The summed E-state index contributed by atoms with van der Waals surface area (Å²) in [5, 5.41) is 11.3. The largest absolute Gasteiger partial charge is 0.497 e. The number of likely N-dealkylation sites (tertiary alicyclic amines) is 1. The number of nitrogens with zero attached hydrogens (tertiary/aromatic N) is 5. The number of halogens is 3. The van der Waals surface area contributed by atoms with Gasteiger partial charge in [-0.25, -0.2) is 4.68 Å². The third kappa shape index (κ3) is 4.42. The molecular formula is C18H22F3N5O2. The number of carbonyl (C=O) groups excluding carboxylic acids is 1. The van der Waals surface area contributed by atoms with Gasteiger partial charge < -0.3 is 9.64 Å². The maximum Gasteiger partial charge on any atom is 0.393 e. The summed E-state index contributed by atoms with van der Waals surface area (Å²) in [5.41, 5.74) is 0.803. The summed E-state index contributed by atoms with van der Waals surface area (Å²) in [4.78, 5) is 14.5. The van der Waals surface area contributed by atoms with Gasteiger partial charge in [0, 0.05) is 19.5 Å². The molecule has 10 heteroatoms. The number of piperidine rings is 1. The third-order valence-electron chi connectivity index (χ3n) is 5.00. The van der Waals surface area contributed by atoms with Crippen LogP contribution in [0.25, 0.3) is 0 Å². The Kier molecular flexibility index (Phi) is 5.85. The van der Waals surface area contributed by atoms with Gasteiger partial charge >= 0.3 is 6.18 Å². The van der Waals surface area contributed by atoms with Gasteiger partial charge in [-0.3, -0.25) is 4.79 Å². The van der Waals surface area contributed by atoms with Crippen LogP contribution in [0.15, 0.2) is 24.3 Å². The smallest absolute Gasteiger partial charge is 0.393 e. The number of amides is 1. The molecule has 2 atom stereocenters. The quantitative estimate of drug-likeness (QED) is 0.775. The van der Waals surface area contributed by atoms with E-state index < -0.39 is 24.0 Å². The van der Waals surface area contributed by atoms with Crippen LogP contribution in [0, 0.1) is 12.8 Å². The summed E-state index contributed by atoms with van der Waals surface area (Å²) in [7, 11) is 1.54. The van der Waals surface area contributed by atoms with Crippen molar-refractivity contribution in [1.82, 2.24) is 25.1 Å². The SMILES string of the molecule is COc1cccc(C[C@@H](C(=O)N2CCC[C@H](C(F)(F)F)C2)n2nnnc2C)c1. The number of aromatic nitrogens is 4. The molecule has 0 saturated carbocycles. The molecule has 1 fully saturated rings. The van der Waals surface area contributed by atoms with E-state index in [9.17, 15) is 18.0 Å². The van der Waals surface area contributed by atoms with E-state index in [0.29, 0.717) is 24.5 Å². The highest BCUT2D eigenvalue weighted by atomic mass is 19.4. The zero-order valence-corrected chi connectivity index (χ0v) is 15.7. The molecule has 0 aliphatic carbocycles. The Labute approximate surface area is 160 Å². The molecule has 0 bridgehead atoms. The first-order valence-corrected chi connectivity index (χ1v) is 9.02. The lowest BCUT2D eigenvalue weighted by atomic mass is 9.96. The maximum absolute atomic E-state index is 13.2. The number of hydrogen-bond acceptors (Lipinski definition) is 5. The molecule has 1 aliphatic heterocycles. The van der Waals surface area contributed by atoms with Gasteiger partial charge in [0.25, 0.3) is 0 Å². The lowest BCUT2D eigenvalue weighted by Gasteiger charge is -2.35. The number of methoxy groups -OCH3 is 1. The van der Waals surface area contributed by atoms with Crippen molar-refractivity contribution in [2.24, 2.45) is 5.92 Å². The van der Waals surface area contributed by atoms with E-state index in [-0.39, 0.29) is 19.4 Å². The Balaban J connectivity index is 1.86. The number of alkyl halides is 3. The van der Waals surface area contributed by atoms with Crippen molar-refractivity contribution < 1.29 is 22.7 Å². The van der Waals surface area contributed by atoms with Crippen molar-refractivity contribution in [1.29, 1.82) is 0 Å². The Hall–Kier alpha value is -2.65. The summed E-state index contributed by atoms with van der Waals surface area (Å²) in [6, 6.07) is 6.37. The summed E-state index contributed by atoms with van der Waals surface area (Å²) in [6.45, 7) is 1.61. The summed E-state index contributed by atoms with van der Waals surface area (Å²) in [5.74, 6) is -0.859. The Morgan fingerprint density at radius 2 is 2.18 bits per heavy atom. The van der Waals surface area contributed by atoms with Crippen molar-refractivity contribution in [2.75, 3.05) is 20.2 Å². The third-order valence-corrected chi connectivity index (χ3v) is 5.00. The number of tetrazole rings is 1. The molecule has 0 unspecified atom stereocenters. The van der Waals surface area contributed by atoms with Crippen LogP contribution in [-0.4, -0.2) is 57.4 Å². The molecule has 2 heterocycles. The predicted molar refractivity (Wildman–Crippen MR) is 93.6 cm³/mol. The number of carbonyl (C=O) groups is 1. The molecule has 1 aliphatic rings. The molecule has 1 aromatic carbocycles. The Morgan fingerprint density at radius 3 is 2.82 bits per heavy atom. The van der Waals surface area contributed by atoms with Crippen LogP contribution >= 0.6 is 0 Å². The first-order chi connectivity index (χ1) is 13.3. The Morgan fingerprint density at radius 1 is 1.39 bits per heavy atom. The zero-order valence-electron chi connectivity index (χ0n) is 15.7. The highest BCUT2D eigenvalue weighted by molar-refractivity contribution is 5.81. The normalized spacial score (nSPS) is 18.8. The molecule has 28 heavy (non-hydrogen) atoms. The topological polar surface area (TPSA) is 73.1 Å². The van der Waals surface area contributed by atoms with Gasteiger partial charge in [-0.2, -0.15) is 13.2 Å². The van der Waals surface area contributed by atoms with Crippen molar-refractivity contribution in [3.8, 4) is 5.75 Å². The number of aryl methyl sites for hydroxylation is 1. The fraction of sp³-hybridized carbons (Fsp3) is 0.556. The van der Waals surface area contributed by atoms with E-state index in [2.05, 4.69) is 15.5 Å². The van der Waals surface area contributed by atoms with E-state index in [4.69, 9.17) is 4.74 Å². The molecule has 0 N–H and O–H groups in total. The fourth-order valence-corrected chi connectivity index (χ4v) is 3.48. The second kappa shape index (κ2) is 8.15. The summed E-state index contributed by atoms with van der Waals surface area (Å²) >= 11 is 0. The van der Waals surface area contributed by atoms with Crippen LogP contribution in [0.3, 0.4) is 0 Å².